The number of hydrogen-bond acceptors (Lipinski definition) is 4. The highest BCUT2D eigenvalue weighted by Crippen LogP contribution is 2.18. The van der Waals surface area contributed by atoms with Crippen LogP contribution in [-0.2, 0) is 6.54 Å². The molecule has 0 spiro atoms. The number of hydrogen-bond donors (Lipinski definition) is 2. The number of carbonyl (C=O) groups is 1. The summed E-state index contributed by atoms with van der Waals surface area (Å²) >= 11 is 0. The van der Waals surface area contributed by atoms with E-state index in [0.29, 0.717) is 11.3 Å². The first-order valence-corrected chi connectivity index (χ1v) is 8.12. The molecule has 0 aliphatic rings. The molecule has 24 heavy (non-hydrogen) atoms. The zero-order valence-electron chi connectivity index (χ0n) is 14.7. The molecule has 0 bridgehead atoms. The molecule has 1 aromatic carbocycles. The first-order chi connectivity index (χ1) is 11.5. The summed E-state index contributed by atoms with van der Waals surface area (Å²) in [5.74, 6) is 0.518. The Morgan fingerprint density at radius 2 is 2.00 bits per heavy atom. The zero-order chi connectivity index (χ0) is 17.7. The van der Waals surface area contributed by atoms with Crippen molar-refractivity contribution in [3.8, 4) is 5.75 Å². The summed E-state index contributed by atoms with van der Waals surface area (Å²) in [5, 5.41) is 17.4. The lowest BCUT2D eigenvalue weighted by atomic mass is 10.1. The maximum Gasteiger partial charge on any atom is 0.255 e. The van der Waals surface area contributed by atoms with Crippen LogP contribution in [-0.4, -0.2) is 34.4 Å². The maximum atomic E-state index is 12.4. The van der Waals surface area contributed by atoms with Gasteiger partial charge in [0.25, 0.3) is 5.91 Å². The van der Waals surface area contributed by atoms with Gasteiger partial charge in [0.15, 0.2) is 0 Å². The van der Waals surface area contributed by atoms with Crippen LogP contribution in [0, 0.1) is 13.8 Å². The number of carbonyl (C=O) groups excluding carboxylic acids is 1. The Kier molecular flexibility index (Phi) is 5.98. The Labute approximate surface area is 142 Å². The van der Waals surface area contributed by atoms with Gasteiger partial charge in [-0.3, -0.25) is 9.48 Å². The molecule has 2 aromatic rings. The summed E-state index contributed by atoms with van der Waals surface area (Å²) < 4.78 is 6.94. The number of ether oxygens (including phenoxy) is 1. The van der Waals surface area contributed by atoms with Crippen LogP contribution in [0.4, 0.5) is 0 Å². The van der Waals surface area contributed by atoms with Gasteiger partial charge in [-0.15, -0.1) is 0 Å². The van der Waals surface area contributed by atoms with Crippen LogP contribution in [0.15, 0.2) is 24.3 Å². The van der Waals surface area contributed by atoms with Crippen molar-refractivity contribution in [1.29, 1.82) is 0 Å². The molecule has 0 saturated carbocycles. The molecule has 0 aliphatic carbocycles. The van der Waals surface area contributed by atoms with Crippen molar-refractivity contribution in [1.82, 2.24) is 15.1 Å². The molecule has 130 valence electrons. The van der Waals surface area contributed by atoms with E-state index in [0.717, 1.165) is 30.0 Å². The smallest absolute Gasteiger partial charge is 0.255 e. The molecule has 6 heteroatoms. The van der Waals surface area contributed by atoms with Crippen LogP contribution in [0.3, 0.4) is 0 Å². The number of aryl methyl sites for hydroxylation is 2. The molecule has 0 fully saturated rings. The van der Waals surface area contributed by atoms with Crippen LogP contribution in [0.25, 0.3) is 0 Å². The van der Waals surface area contributed by atoms with Gasteiger partial charge in [-0.2, -0.15) is 5.10 Å². The second kappa shape index (κ2) is 7.97. The predicted octanol–water partition coefficient (Wildman–Crippen LogP) is 2.38. The normalized spacial score (nSPS) is 12.0. The molecule has 2 N–H and O–H groups in total. The third kappa shape index (κ3) is 3.94. The molecule has 1 aromatic heterocycles. The molecule has 1 atom stereocenters. The van der Waals surface area contributed by atoms with Gasteiger partial charge in [0.1, 0.15) is 5.75 Å². The second-order valence-corrected chi connectivity index (χ2v) is 5.77. The van der Waals surface area contributed by atoms with Crippen LogP contribution in [0.1, 0.15) is 46.8 Å². The quantitative estimate of drug-likeness (QED) is 0.817. The summed E-state index contributed by atoms with van der Waals surface area (Å²) in [6, 6.07) is 7.13. The molecule has 0 saturated heterocycles. The first-order valence-electron chi connectivity index (χ1n) is 8.12. The lowest BCUT2D eigenvalue weighted by molar-refractivity contribution is 0.0915. The fraction of sp³-hybridized carbons (Fsp3) is 0.444. The molecule has 0 aliphatic heterocycles. The summed E-state index contributed by atoms with van der Waals surface area (Å²) in [7, 11) is 1.59. The highest BCUT2D eigenvalue weighted by Gasteiger charge is 2.19. The topological polar surface area (TPSA) is 76.4 Å². The molecule has 1 heterocycles. The van der Waals surface area contributed by atoms with E-state index >= 15 is 0 Å². The van der Waals surface area contributed by atoms with E-state index in [1.54, 1.807) is 31.4 Å². The highest BCUT2D eigenvalue weighted by atomic mass is 16.5. The van der Waals surface area contributed by atoms with Crippen LogP contribution >= 0.6 is 0 Å². The maximum absolute atomic E-state index is 12.4. The molecule has 1 amide bonds. The summed E-state index contributed by atoms with van der Waals surface area (Å²) in [6.07, 6.45) is 0.185. The number of nitrogens with one attached hydrogen (secondary N) is 1. The van der Waals surface area contributed by atoms with Gasteiger partial charge in [-0.25, -0.2) is 0 Å². The number of rotatable bonds is 7. The SMILES string of the molecule is CCCn1nc(C)c(C(=O)NCC(O)c2ccc(OC)cc2)c1C. The first kappa shape index (κ1) is 18.0. The molecular formula is C18H25N3O3. The highest BCUT2D eigenvalue weighted by molar-refractivity contribution is 5.96. The fourth-order valence-corrected chi connectivity index (χ4v) is 2.68. The Morgan fingerprint density at radius 3 is 2.58 bits per heavy atom. The van der Waals surface area contributed by atoms with E-state index in [9.17, 15) is 9.90 Å². The lowest BCUT2D eigenvalue weighted by Gasteiger charge is -2.13. The van der Waals surface area contributed by atoms with E-state index in [2.05, 4.69) is 17.3 Å². The second-order valence-electron chi connectivity index (χ2n) is 5.77. The molecule has 1 unspecified atom stereocenters. The van der Waals surface area contributed by atoms with Crippen molar-refractivity contribution in [2.75, 3.05) is 13.7 Å². The van der Waals surface area contributed by atoms with Gasteiger partial charge in [0, 0.05) is 18.8 Å². The van der Waals surface area contributed by atoms with Crippen LogP contribution in [0.2, 0.25) is 0 Å². The van der Waals surface area contributed by atoms with Gasteiger partial charge >= 0.3 is 0 Å². The third-order valence-electron chi connectivity index (χ3n) is 4.00. The van der Waals surface area contributed by atoms with Gasteiger partial charge in [-0.05, 0) is 38.0 Å². The van der Waals surface area contributed by atoms with E-state index in [1.165, 1.54) is 0 Å². The zero-order valence-corrected chi connectivity index (χ0v) is 14.7. The summed E-state index contributed by atoms with van der Waals surface area (Å²) in [6.45, 7) is 6.72. The lowest BCUT2D eigenvalue weighted by Crippen LogP contribution is -2.29. The van der Waals surface area contributed by atoms with E-state index in [1.807, 2.05) is 18.5 Å². The van der Waals surface area contributed by atoms with Crippen molar-refractivity contribution >= 4 is 5.91 Å². The fourth-order valence-electron chi connectivity index (χ4n) is 2.68. The number of benzene rings is 1. The minimum Gasteiger partial charge on any atom is -0.497 e. The number of aliphatic hydroxyl groups excluding tert-OH is 1. The molecule has 0 radical (unpaired) electrons. The Bertz CT molecular complexity index is 692. The number of amides is 1. The molecule has 2 rings (SSSR count). The van der Waals surface area contributed by atoms with Gasteiger partial charge in [-0.1, -0.05) is 19.1 Å². The van der Waals surface area contributed by atoms with Crippen molar-refractivity contribution in [3.05, 3.63) is 46.8 Å². The average molecular weight is 331 g/mol. The minimum atomic E-state index is -0.772. The molecule has 6 nitrogen and oxygen atoms in total. The number of nitrogens with zero attached hydrogens (tertiary/aromatic N) is 2. The van der Waals surface area contributed by atoms with Gasteiger partial charge in [0.2, 0.25) is 0 Å². The number of aliphatic hydroxyl groups is 1. The van der Waals surface area contributed by atoms with Crippen molar-refractivity contribution in [2.24, 2.45) is 0 Å². The van der Waals surface area contributed by atoms with Crippen molar-refractivity contribution in [2.45, 2.75) is 39.8 Å². The Balaban J connectivity index is 2.02. The monoisotopic (exact) mass is 331 g/mol. The largest absolute Gasteiger partial charge is 0.497 e. The van der Waals surface area contributed by atoms with Crippen LogP contribution in [0.5, 0.6) is 5.75 Å². The minimum absolute atomic E-state index is 0.142. The van der Waals surface area contributed by atoms with Crippen molar-refractivity contribution < 1.29 is 14.6 Å². The number of aromatic nitrogens is 2. The third-order valence-corrected chi connectivity index (χ3v) is 4.00. The summed E-state index contributed by atoms with van der Waals surface area (Å²) in [4.78, 5) is 12.4. The van der Waals surface area contributed by atoms with Gasteiger partial charge < -0.3 is 15.2 Å². The van der Waals surface area contributed by atoms with E-state index in [4.69, 9.17) is 4.74 Å². The van der Waals surface area contributed by atoms with Gasteiger partial charge in [0.05, 0.1) is 24.5 Å². The Morgan fingerprint density at radius 1 is 1.33 bits per heavy atom. The standard InChI is InChI=1S/C18H25N3O3/c1-5-10-21-13(3)17(12(2)20-21)18(23)19-11-16(22)14-6-8-15(24-4)9-7-14/h6-9,16,22H,5,10-11H2,1-4H3,(H,19,23). The predicted molar refractivity (Wildman–Crippen MR) is 92.3 cm³/mol. The van der Waals surface area contributed by atoms with E-state index < -0.39 is 6.10 Å². The van der Waals surface area contributed by atoms with Crippen molar-refractivity contribution in [3.63, 3.8) is 0 Å². The Hall–Kier alpha value is -2.34. The summed E-state index contributed by atoms with van der Waals surface area (Å²) in [5.41, 5.74) is 2.87. The van der Waals surface area contributed by atoms with Crippen LogP contribution < -0.4 is 10.1 Å². The van der Waals surface area contributed by atoms with E-state index in [-0.39, 0.29) is 12.5 Å². The number of methoxy groups -OCH3 is 1. The average Bonchev–Trinajstić information content (AvgIpc) is 2.86. The molecular weight excluding hydrogens is 306 g/mol.